The van der Waals surface area contributed by atoms with E-state index in [0.717, 1.165) is 12.8 Å². The summed E-state index contributed by atoms with van der Waals surface area (Å²) in [7, 11) is 0. The molecule has 4 rings (SSSR count). The minimum absolute atomic E-state index is 0.131. The van der Waals surface area contributed by atoms with Gasteiger partial charge in [0.05, 0.1) is 16.3 Å². The lowest BCUT2D eigenvalue weighted by Gasteiger charge is -2.10. The molecule has 8 nitrogen and oxygen atoms in total. The number of hydrogen-bond donors (Lipinski definition) is 2. The number of nitrogens with zero attached hydrogens (tertiary/aromatic N) is 3. The Morgan fingerprint density at radius 1 is 1.30 bits per heavy atom. The molecule has 0 unspecified atom stereocenters. The van der Waals surface area contributed by atoms with Crippen LogP contribution in [0.1, 0.15) is 35.1 Å². The minimum atomic E-state index is -0.573. The molecule has 0 saturated heterocycles. The monoisotopic (exact) mass is 463 g/mol. The van der Waals surface area contributed by atoms with Crippen molar-refractivity contribution < 1.29 is 14.3 Å². The number of thioether (sulfide) groups is 1. The molecule has 1 fully saturated rings. The van der Waals surface area contributed by atoms with E-state index in [1.165, 1.54) is 23.1 Å². The summed E-state index contributed by atoms with van der Waals surface area (Å²) in [6, 6.07) is 9.15. The van der Waals surface area contributed by atoms with Crippen LogP contribution >= 0.6 is 34.7 Å². The minimum Gasteiger partial charge on any atom is -0.484 e. The predicted octanol–water partition coefficient (Wildman–Crippen LogP) is 3.74. The molecule has 0 aliphatic heterocycles. The topological polar surface area (TPSA) is 112 Å². The first-order valence-electron chi connectivity index (χ1n) is 9.14. The molecular weight excluding hydrogens is 446 g/mol. The van der Waals surface area contributed by atoms with Crippen LogP contribution < -0.4 is 15.8 Å². The summed E-state index contributed by atoms with van der Waals surface area (Å²) in [6.07, 6.45) is 2.07. The van der Waals surface area contributed by atoms with Crippen molar-refractivity contribution in [1.29, 1.82) is 0 Å². The van der Waals surface area contributed by atoms with Crippen molar-refractivity contribution in [1.82, 2.24) is 14.8 Å². The Hall–Kier alpha value is -2.56. The number of nitrogens with two attached hydrogens (primary N) is 1. The van der Waals surface area contributed by atoms with Crippen LogP contribution in [-0.2, 0) is 11.4 Å². The fraction of sp³-hybridized carbons (Fsp3) is 0.263. The molecule has 2 heterocycles. The summed E-state index contributed by atoms with van der Waals surface area (Å²) in [5.74, 6) is 0.584. The molecule has 1 aliphatic rings. The van der Waals surface area contributed by atoms with Crippen molar-refractivity contribution >= 4 is 51.5 Å². The molecule has 156 valence electrons. The average molecular weight is 464 g/mol. The number of carbonyl (C=O) groups excluding carboxylic acids is 2. The highest BCUT2D eigenvalue weighted by atomic mass is 35.5. The standard InChI is InChI=1S/C19H18ClN5O3S2/c20-13-3-1-2-4-14(13)28-9-15-23-24-19(25(15)11-5-6-11)30-10-16(26)22-18-12(17(21)27)7-8-29-18/h1-4,7-8,11H,5-6,9-10H2,(H2,21,27)(H,22,26). The second-order valence-corrected chi connectivity index (χ2v) is 8.85. The molecule has 2 aromatic heterocycles. The molecule has 3 aromatic rings. The van der Waals surface area contributed by atoms with Gasteiger partial charge in [0.2, 0.25) is 5.91 Å². The first kappa shape index (κ1) is 20.7. The van der Waals surface area contributed by atoms with Gasteiger partial charge in [-0.15, -0.1) is 21.5 Å². The third kappa shape index (κ3) is 4.77. The Morgan fingerprint density at radius 3 is 2.83 bits per heavy atom. The summed E-state index contributed by atoms with van der Waals surface area (Å²) in [5.41, 5.74) is 5.62. The third-order valence-corrected chi connectivity index (χ3v) is 6.44. The van der Waals surface area contributed by atoms with Gasteiger partial charge in [0, 0.05) is 6.04 Å². The number of amides is 2. The summed E-state index contributed by atoms with van der Waals surface area (Å²) in [4.78, 5) is 23.7. The van der Waals surface area contributed by atoms with Crippen LogP contribution in [0.3, 0.4) is 0 Å². The zero-order valence-electron chi connectivity index (χ0n) is 15.7. The lowest BCUT2D eigenvalue weighted by atomic mass is 10.3. The molecule has 1 saturated carbocycles. The van der Waals surface area contributed by atoms with Crippen LogP contribution in [0.25, 0.3) is 0 Å². The van der Waals surface area contributed by atoms with Crippen molar-refractivity contribution in [3.8, 4) is 5.75 Å². The number of para-hydroxylation sites is 1. The quantitative estimate of drug-likeness (QED) is 0.467. The van der Waals surface area contributed by atoms with Crippen LogP contribution in [0.2, 0.25) is 5.02 Å². The van der Waals surface area contributed by atoms with Crippen molar-refractivity contribution in [3.63, 3.8) is 0 Å². The van der Waals surface area contributed by atoms with Crippen LogP contribution in [0, 0.1) is 0 Å². The maximum absolute atomic E-state index is 12.3. The number of primary amides is 1. The van der Waals surface area contributed by atoms with Crippen LogP contribution in [0.15, 0.2) is 40.9 Å². The molecule has 1 aliphatic carbocycles. The SMILES string of the molecule is NC(=O)c1ccsc1NC(=O)CSc1nnc(COc2ccccc2Cl)n1C1CC1. The Kier molecular flexibility index (Phi) is 6.26. The van der Waals surface area contributed by atoms with Crippen molar-refractivity contribution in [2.75, 3.05) is 11.1 Å². The Balaban J connectivity index is 1.40. The second-order valence-electron chi connectivity index (χ2n) is 6.58. The van der Waals surface area contributed by atoms with E-state index in [2.05, 4.69) is 15.5 Å². The molecular formula is C19H18ClN5O3S2. The highest BCUT2D eigenvalue weighted by Crippen LogP contribution is 2.39. The summed E-state index contributed by atoms with van der Waals surface area (Å²) in [6.45, 7) is 0.233. The van der Waals surface area contributed by atoms with Crippen LogP contribution in [-0.4, -0.2) is 32.3 Å². The summed E-state index contributed by atoms with van der Waals surface area (Å²) < 4.78 is 7.82. The van der Waals surface area contributed by atoms with Gasteiger partial charge in [-0.25, -0.2) is 0 Å². The lowest BCUT2D eigenvalue weighted by molar-refractivity contribution is -0.113. The zero-order valence-corrected chi connectivity index (χ0v) is 18.1. The molecule has 0 radical (unpaired) electrons. The van der Waals surface area contributed by atoms with Gasteiger partial charge in [-0.3, -0.25) is 14.2 Å². The normalized spacial score (nSPS) is 13.2. The Labute approximate surface area is 185 Å². The highest BCUT2D eigenvalue weighted by Gasteiger charge is 2.30. The number of thiophene rings is 1. The van der Waals surface area contributed by atoms with Crippen LogP contribution in [0.5, 0.6) is 5.75 Å². The number of nitrogens with one attached hydrogen (secondary N) is 1. The lowest BCUT2D eigenvalue weighted by Crippen LogP contribution is -2.18. The number of ether oxygens (including phenoxy) is 1. The van der Waals surface area contributed by atoms with Crippen molar-refractivity contribution in [2.24, 2.45) is 5.73 Å². The molecule has 0 atom stereocenters. The van der Waals surface area contributed by atoms with Gasteiger partial charge in [-0.05, 0) is 36.4 Å². The molecule has 1 aromatic carbocycles. The van der Waals surface area contributed by atoms with Gasteiger partial charge >= 0.3 is 0 Å². The largest absolute Gasteiger partial charge is 0.484 e. The van der Waals surface area contributed by atoms with E-state index in [1.807, 2.05) is 16.7 Å². The Morgan fingerprint density at radius 2 is 2.10 bits per heavy atom. The number of anilines is 1. The Bertz CT molecular complexity index is 1080. The fourth-order valence-corrected chi connectivity index (χ4v) is 4.62. The number of hydrogen-bond acceptors (Lipinski definition) is 7. The molecule has 0 spiro atoms. The van der Waals surface area contributed by atoms with E-state index < -0.39 is 5.91 Å². The van der Waals surface area contributed by atoms with Gasteiger partial charge in [-0.2, -0.15) is 0 Å². The number of halogens is 1. The van der Waals surface area contributed by atoms with E-state index >= 15 is 0 Å². The third-order valence-electron chi connectivity index (χ3n) is 4.36. The maximum atomic E-state index is 12.3. The number of rotatable bonds is 9. The first-order chi connectivity index (χ1) is 14.5. The van der Waals surface area contributed by atoms with Crippen LogP contribution in [0.4, 0.5) is 5.00 Å². The first-order valence-corrected chi connectivity index (χ1v) is 11.4. The van der Waals surface area contributed by atoms with Crippen molar-refractivity contribution in [3.05, 3.63) is 52.1 Å². The fourth-order valence-electron chi connectivity index (χ4n) is 2.80. The second kappa shape index (κ2) is 9.07. The van der Waals surface area contributed by atoms with Crippen molar-refractivity contribution in [2.45, 2.75) is 30.6 Å². The highest BCUT2D eigenvalue weighted by molar-refractivity contribution is 7.99. The average Bonchev–Trinajstić information content (AvgIpc) is 3.30. The van der Waals surface area contributed by atoms with E-state index in [9.17, 15) is 9.59 Å². The number of aromatic nitrogens is 3. The van der Waals surface area contributed by atoms with E-state index in [-0.39, 0.29) is 18.3 Å². The van der Waals surface area contributed by atoms with E-state index in [1.54, 1.807) is 23.6 Å². The van der Waals surface area contributed by atoms with E-state index in [0.29, 0.717) is 38.4 Å². The van der Waals surface area contributed by atoms with Gasteiger partial charge < -0.3 is 15.8 Å². The summed E-state index contributed by atoms with van der Waals surface area (Å²) in [5, 5.41) is 14.6. The molecule has 11 heteroatoms. The van der Waals surface area contributed by atoms with Gasteiger partial charge in [0.1, 0.15) is 17.4 Å². The molecule has 3 N–H and O–H groups in total. The maximum Gasteiger partial charge on any atom is 0.251 e. The molecule has 2 amide bonds. The molecule has 0 bridgehead atoms. The number of benzene rings is 1. The summed E-state index contributed by atoms with van der Waals surface area (Å²) >= 11 is 8.68. The van der Waals surface area contributed by atoms with Gasteiger partial charge in [0.15, 0.2) is 11.0 Å². The van der Waals surface area contributed by atoms with Gasteiger partial charge in [0.25, 0.3) is 5.91 Å². The molecule has 30 heavy (non-hydrogen) atoms. The zero-order chi connectivity index (χ0) is 21.1. The van der Waals surface area contributed by atoms with Gasteiger partial charge in [-0.1, -0.05) is 35.5 Å². The number of carbonyl (C=O) groups is 2. The predicted molar refractivity (Wildman–Crippen MR) is 116 cm³/mol. The smallest absolute Gasteiger partial charge is 0.251 e. The van der Waals surface area contributed by atoms with E-state index in [4.69, 9.17) is 22.1 Å².